The van der Waals surface area contributed by atoms with Gasteiger partial charge in [0.2, 0.25) is 0 Å². The molecule has 31 heavy (non-hydrogen) atoms. The summed E-state index contributed by atoms with van der Waals surface area (Å²) in [5.74, 6) is 2.04. The maximum absolute atomic E-state index is 9.20. The molecule has 3 aromatic rings. The fraction of sp³-hybridized carbons (Fsp3) is 0.565. The predicted octanol–water partition coefficient (Wildman–Crippen LogP) is 5.23. The highest BCUT2D eigenvalue weighted by Crippen LogP contribution is 2.25. The summed E-state index contributed by atoms with van der Waals surface area (Å²) in [4.78, 5) is 19.6. The number of aromatic amines is 2. The van der Waals surface area contributed by atoms with Gasteiger partial charge in [0.15, 0.2) is 0 Å². The lowest BCUT2D eigenvalue weighted by Gasteiger charge is -2.18. The van der Waals surface area contributed by atoms with Crippen LogP contribution in [0.15, 0.2) is 23.5 Å². The Kier molecular flexibility index (Phi) is 7.64. The number of aliphatic imine (C=N–C) groups is 1. The summed E-state index contributed by atoms with van der Waals surface area (Å²) in [6, 6.07) is 4.19. The van der Waals surface area contributed by atoms with E-state index in [1.165, 1.54) is 32.1 Å². The third-order valence-corrected chi connectivity index (χ3v) is 5.44. The first-order valence-electron chi connectivity index (χ1n) is 11.0. The molecule has 0 aromatic carbocycles. The highest BCUT2D eigenvalue weighted by molar-refractivity contribution is 6.00. The number of aromatic nitrogens is 4. The number of hydroxylamine groups is 1. The van der Waals surface area contributed by atoms with Crippen molar-refractivity contribution in [1.29, 1.82) is 5.26 Å². The first-order valence-corrected chi connectivity index (χ1v) is 11.0. The monoisotopic (exact) mass is 423 g/mol. The molecule has 1 fully saturated rings. The van der Waals surface area contributed by atoms with Crippen LogP contribution in [0, 0.1) is 22.7 Å². The first-order chi connectivity index (χ1) is 14.9. The molecule has 4 rings (SSSR count). The van der Waals surface area contributed by atoms with E-state index in [1.54, 1.807) is 6.20 Å². The summed E-state index contributed by atoms with van der Waals surface area (Å²) >= 11 is 0. The quantitative estimate of drug-likeness (QED) is 0.259. The van der Waals surface area contributed by atoms with Crippen LogP contribution >= 0.6 is 0 Å². The summed E-state index contributed by atoms with van der Waals surface area (Å²) in [7, 11) is 0. The van der Waals surface area contributed by atoms with Crippen LogP contribution in [0.2, 0.25) is 0 Å². The molecular formula is C23H33N7O. The lowest BCUT2D eigenvalue weighted by Crippen LogP contribution is -2.25. The molecule has 1 saturated carbocycles. The van der Waals surface area contributed by atoms with Crippen LogP contribution in [0.4, 0.5) is 0 Å². The van der Waals surface area contributed by atoms with Crippen LogP contribution in [0.25, 0.3) is 22.1 Å². The number of nitrogens with one attached hydrogen (secondary N) is 3. The standard InChI is InChI=1S/C15H20N6O.C8H13N/c1-15(2,3)6-11(21-22)17-8-12-19-10-7-18-14-9(4-5-16-14)13(10)20-12;9-7-6-8-4-2-1-3-5-8/h4-5,7,22H,6,8H2,1-3H3,(H,16,18)(H,17,21)(H,19,20);8H,1-6H2. The Balaban J connectivity index is 0.000000254. The van der Waals surface area contributed by atoms with E-state index >= 15 is 0 Å². The molecule has 0 unspecified atom stereocenters. The fourth-order valence-electron chi connectivity index (χ4n) is 3.92. The number of fused-ring (bicyclic) bond motifs is 3. The van der Waals surface area contributed by atoms with E-state index in [1.807, 2.05) is 12.3 Å². The van der Waals surface area contributed by atoms with Crippen LogP contribution in [-0.4, -0.2) is 31.0 Å². The lowest BCUT2D eigenvalue weighted by atomic mass is 9.87. The molecule has 8 heteroatoms. The van der Waals surface area contributed by atoms with Gasteiger partial charge < -0.3 is 9.97 Å². The lowest BCUT2D eigenvalue weighted by molar-refractivity contribution is 0.226. The van der Waals surface area contributed by atoms with Gasteiger partial charge in [-0.2, -0.15) is 5.26 Å². The molecular weight excluding hydrogens is 390 g/mol. The number of nitriles is 1. The Labute approximate surface area is 183 Å². The molecule has 3 heterocycles. The fourth-order valence-corrected chi connectivity index (χ4v) is 3.92. The van der Waals surface area contributed by atoms with Gasteiger partial charge in [0.05, 0.1) is 24.3 Å². The van der Waals surface area contributed by atoms with Crippen molar-refractivity contribution in [1.82, 2.24) is 25.4 Å². The molecule has 1 aliphatic carbocycles. The molecule has 0 bridgehead atoms. The third kappa shape index (κ3) is 6.53. The molecule has 0 saturated heterocycles. The van der Waals surface area contributed by atoms with Crippen molar-refractivity contribution in [2.45, 2.75) is 72.3 Å². The Bertz CT molecular complexity index is 1050. The minimum Gasteiger partial charge on any atom is -0.346 e. The number of hydrogen-bond donors (Lipinski definition) is 4. The molecule has 0 aliphatic heterocycles. The molecule has 166 valence electrons. The maximum atomic E-state index is 9.20. The van der Waals surface area contributed by atoms with Gasteiger partial charge in [-0.15, -0.1) is 0 Å². The zero-order valence-electron chi connectivity index (χ0n) is 18.7. The summed E-state index contributed by atoms with van der Waals surface area (Å²) in [6.07, 6.45) is 11.8. The molecule has 0 radical (unpaired) electrons. The van der Waals surface area contributed by atoms with Gasteiger partial charge in [0, 0.05) is 24.4 Å². The Morgan fingerprint density at radius 2 is 2.10 bits per heavy atom. The van der Waals surface area contributed by atoms with Gasteiger partial charge in [0.25, 0.3) is 0 Å². The number of rotatable bonds is 4. The zero-order valence-corrected chi connectivity index (χ0v) is 18.7. The SMILES string of the molecule is CC(C)(C)CC(=NCc1nc2c(cnc3[nH]ccc32)[nH]1)NO.N#CCC1CCCCC1. The normalized spacial score (nSPS) is 15.5. The molecule has 0 spiro atoms. The molecule has 0 atom stereocenters. The van der Waals surface area contributed by atoms with Gasteiger partial charge in [-0.3, -0.25) is 15.7 Å². The van der Waals surface area contributed by atoms with Crippen molar-refractivity contribution in [3.05, 3.63) is 24.3 Å². The van der Waals surface area contributed by atoms with Crippen molar-refractivity contribution in [2.24, 2.45) is 16.3 Å². The van der Waals surface area contributed by atoms with Crippen LogP contribution < -0.4 is 5.48 Å². The second kappa shape index (κ2) is 10.4. The predicted molar refractivity (Wildman–Crippen MR) is 123 cm³/mol. The number of H-pyrrole nitrogens is 2. The number of amidine groups is 1. The Morgan fingerprint density at radius 1 is 1.32 bits per heavy atom. The smallest absolute Gasteiger partial charge is 0.139 e. The first kappa shape index (κ1) is 22.8. The minimum atomic E-state index is 0.0453. The Morgan fingerprint density at radius 3 is 2.77 bits per heavy atom. The minimum absolute atomic E-state index is 0.0453. The highest BCUT2D eigenvalue weighted by atomic mass is 16.5. The van der Waals surface area contributed by atoms with Crippen molar-refractivity contribution >= 4 is 27.9 Å². The molecule has 8 nitrogen and oxygen atoms in total. The van der Waals surface area contributed by atoms with Gasteiger partial charge in [-0.25, -0.2) is 9.97 Å². The number of pyridine rings is 1. The molecule has 0 amide bonds. The van der Waals surface area contributed by atoms with Gasteiger partial charge in [0.1, 0.15) is 22.8 Å². The second-order valence-electron chi connectivity index (χ2n) is 9.42. The van der Waals surface area contributed by atoms with E-state index in [0.717, 1.165) is 40.2 Å². The van der Waals surface area contributed by atoms with E-state index in [4.69, 9.17) is 5.26 Å². The van der Waals surface area contributed by atoms with Gasteiger partial charge in [-0.1, -0.05) is 40.0 Å². The number of imidazole rings is 1. The van der Waals surface area contributed by atoms with Crippen molar-refractivity contribution in [2.75, 3.05) is 0 Å². The van der Waals surface area contributed by atoms with Crippen LogP contribution in [0.1, 0.15) is 71.5 Å². The van der Waals surface area contributed by atoms with Crippen LogP contribution in [0.5, 0.6) is 0 Å². The van der Waals surface area contributed by atoms with E-state index in [2.05, 4.69) is 57.2 Å². The zero-order chi connectivity index (χ0) is 22.3. The molecule has 4 N–H and O–H groups in total. The maximum Gasteiger partial charge on any atom is 0.139 e. The Hall–Kier alpha value is -2.92. The van der Waals surface area contributed by atoms with Crippen molar-refractivity contribution in [3.63, 3.8) is 0 Å². The van der Waals surface area contributed by atoms with Crippen LogP contribution in [0.3, 0.4) is 0 Å². The average molecular weight is 424 g/mol. The third-order valence-electron chi connectivity index (χ3n) is 5.44. The van der Waals surface area contributed by atoms with E-state index in [9.17, 15) is 5.21 Å². The summed E-state index contributed by atoms with van der Waals surface area (Å²) in [5.41, 5.74) is 4.80. The summed E-state index contributed by atoms with van der Waals surface area (Å²) in [5, 5.41) is 18.5. The largest absolute Gasteiger partial charge is 0.346 e. The van der Waals surface area contributed by atoms with Gasteiger partial charge in [-0.05, 0) is 30.2 Å². The van der Waals surface area contributed by atoms with Gasteiger partial charge >= 0.3 is 0 Å². The second-order valence-corrected chi connectivity index (χ2v) is 9.42. The van der Waals surface area contributed by atoms with Crippen LogP contribution in [-0.2, 0) is 6.54 Å². The van der Waals surface area contributed by atoms with Crippen molar-refractivity contribution in [3.8, 4) is 6.07 Å². The summed E-state index contributed by atoms with van der Waals surface area (Å²) < 4.78 is 0. The van der Waals surface area contributed by atoms with Crippen molar-refractivity contribution < 1.29 is 5.21 Å². The van der Waals surface area contributed by atoms with E-state index in [0.29, 0.717) is 18.8 Å². The average Bonchev–Trinajstić information content (AvgIpc) is 3.38. The topological polar surface area (TPSA) is 126 Å². The summed E-state index contributed by atoms with van der Waals surface area (Å²) in [6.45, 7) is 6.65. The highest BCUT2D eigenvalue weighted by Gasteiger charge is 2.15. The molecule has 3 aromatic heterocycles. The molecule has 1 aliphatic rings. The van der Waals surface area contributed by atoms with E-state index in [-0.39, 0.29) is 5.41 Å². The number of nitrogens with zero attached hydrogens (tertiary/aromatic N) is 4. The van der Waals surface area contributed by atoms with E-state index < -0.39 is 0 Å². The number of hydrogen-bond acceptors (Lipinski definition) is 5.